The number of rotatable bonds is 10. The fourth-order valence-electron chi connectivity index (χ4n) is 2.99. The van der Waals surface area contributed by atoms with Gasteiger partial charge in [0, 0.05) is 32.3 Å². The maximum Gasteiger partial charge on any atom is 0.0700 e. The van der Waals surface area contributed by atoms with Gasteiger partial charge in [-0.2, -0.15) is 0 Å². The zero-order chi connectivity index (χ0) is 14.8. The van der Waals surface area contributed by atoms with Gasteiger partial charge < -0.3 is 19.7 Å². The van der Waals surface area contributed by atoms with Crippen molar-refractivity contribution in [3.63, 3.8) is 0 Å². The number of nitrogens with one attached hydrogen (secondary N) is 1. The molecule has 0 aromatic rings. The Labute approximate surface area is 125 Å². The smallest absolute Gasteiger partial charge is 0.0700 e. The minimum Gasteiger partial charge on any atom is -0.382 e. The first-order valence-electron chi connectivity index (χ1n) is 8.24. The van der Waals surface area contributed by atoms with Crippen LogP contribution in [0, 0.1) is 5.92 Å². The molecular weight excluding hydrogens is 252 g/mol. The molecule has 0 radical (unpaired) electrons. The van der Waals surface area contributed by atoms with Crippen LogP contribution < -0.4 is 5.32 Å². The Morgan fingerprint density at radius 3 is 2.70 bits per heavy atom. The van der Waals surface area contributed by atoms with Gasteiger partial charge in [-0.25, -0.2) is 0 Å². The number of nitrogens with zero attached hydrogens (tertiary/aromatic N) is 1. The Kier molecular flexibility index (Phi) is 9.44. The second-order valence-corrected chi connectivity index (χ2v) is 5.94. The Morgan fingerprint density at radius 1 is 1.20 bits per heavy atom. The van der Waals surface area contributed by atoms with E-state index in [1.807, 2.05) is 0 Å². The third-order valence-electron chi connectivity index (χ3n) is 4.52. The molecule has 1 heterocycles. The quantitative estimate of drug-likeness (QED) is 0.624. The van der Waals surface area contributed by atoms with Crippen LogP contribution in [0.2, 0.25) is 0 Å². The molecule has 1 fully saturated rings. The van der Waals surface area contributed by atoms with Crippen molar-refractivity contribution >= 4 is 0 Å². The predicted octanol–water partition coefficient (Wildman–Crippen LogP) is 2.14. The molecule has 1 rings (SSSR count). The van der Waals surface area contributed by atoms with E-state index in [0.717, 1.165) is 32.0 Å². The zero-order valence-corrected chi connectivity index (χ0v) is 13.9. The minimum absolute atomic E-state index is 0.664. The molecule has 3 unspecified atom stereocenters. The minimum atomic E-state index is 0.664. The lowest BCUT2D eigenvalue weighted by atomic mass is 9.87. The molecule has 120 valence electrons. The van der Waals surface area contributed by atoms with Crippen molar-refractivity contribution in [2.45, 2.75) is 52.1 Å². The molecule has 1 N–H and O–H groups in total. The van der Waals surface area contributed by atoms with Crippen molar-refractivity contribution in [1.29, 1.82) is 0 Å². The fraction of sp³-hybridized carbons (Fsp3) is 1.00. The molecule has 0 saturated carbocycles. The van der Waals surface area contributed by atoms with E-state index in [4.69, 9.17) is 9.47 Å². The van der Waals surface area contributed by atoms with Crippen LogP contribution in [0.4, 0.5) is 0 Å². The standard InChI is InChI=1S/C16H34N2O2/c1-5-8-17-16-7-10-18(15(3)14(16)2)9-6-11-20-13-12-19-4/h14-17H,5-13H2,1-4H3. The number of ether oxygens (including phenoxy) is 2. The molecule has 4 nitrogen and oxygen atoms in total. The van der Waals surface area contributed by atoms with Crippen LogP contribution in [-0.2, 0) is 9.47 Å². The highest BCUT2D eigenvalue weighted by Gasteiger charge is 2.31. The maximum absolute atomic E-state index is 5.54. The van der Waals surface area contributed by atoms with Crippen molar-refractivity contribution in [2.75, 3.05) is 46.6 Å². The highest BCUT2D eigenvalue weighted by atomic mass is 16.5. The highest BCUT2D eigenvalue weighted by Crippen LogP contribution is 2.23. The highest BCUT2D eigenvalue weighted by molar-refractivity contribution is 4.88. The van der Waals surface area contributed by atoms with E-state index >= 15 is 0 Å². The molecule has 20 heavy (non-hydrogen) atoms. The summed E-state index contributed by atoms with van der Waals surface area (Å²) >= 11 is 0. The van der Waals surface area contributed by atoms with Gasteiger partial charge in [-0.1, -0.05) is 13.8 Å². The summed E-state index contributed by atoms with van der Waals surface area (Å²) in [6.45, 7) is 12.8. The van der Waals surface area contributed by atoms with Gasteiger partial charge in [0.05, 0.1) is 13.2 Å². The molecule has 0 aliphatic carbocycles. The van der Waals surface area contributed by atoms with Gasteiger partial charge in [0.25, 0.3) is 0 Å². The van der Waals surface area contributed by atoms with Gasteiger partial charge in [0.15, 0.2) is 0 Å². The Hall–Kier alpha value is -0.160. The van der Waals surface area contributed by atoms with E-state index in [-0.39, 0.29) is 0 Å². The van der Waals surface area contributed by atoms with Crippen molar-refractivity contribution in [1.82, 2.24) is 10.2 Å². The van der Waals surface area contributed by atoms with Crippen LogP contribution in [0.1, 0.15) is 40.0 Å². The van der Waals surface area contributed by atoms with E-state index in [0.29, 0.717) is 25.3 Å². The van der Waals surface area contributed by atoms with Gasteiger partial charge in [-0.3, -0.25) is 0 Å². The summed E-state index contributed by atoms with van der Waals surface area (Å²) in [6, 6.07) is 1.36. The topological polar surface area (TPSA) is 33.7 Å². The van der Waals surface area contributed by atoms with Gasteiger partial charge in [-0.15, -0.1) is 0 Å². The van der Waals surface area contributed by atoms with Gasteiger partial charge in [-0.05, 0) is 45.2 Å². The third kappa shape index (κ3) is 6.08. The van der Waals surface area contributed by atoms with Crippen molar-refractivity contribution in [2.24, 2.45) is 5.92 Å². The van der Waals surface area contributed by atoms with E-state index in [2.05, 4.69) is 31.0 Å². The summed E-state index contributed by atoms with van der Waals surface area (Å²) in [5, 5.41) is 3.70. The predicted molar refractivity (Wildman–Crippen MR) is 84.2 cm³/mol. The summed E-state index contributed by atoms with van der Waals surface area (Å²) in [7, 11) is 1.71. The summed E-state index contributed by atoms with van der Waals surface area (Å²) in [5.74, 6) is 0.727. The van der Waals surface area contributed by atoms with Gasteiger partial charge in [0.1, 0.15) is 0 Å². The van der Waals surface area contributed by atoms with Crippen molar-refractivity contribution in [3.05, 3.63) is 0 Å². The van der Waals surface area contributed by atoms with Crippen molar-refractivity contribution < 1.29 is 9.47 Å². The largest absolute Gasteiger partial charge is 0.382 e. The van der Waals surface area contributed by atoms with Crippen LogP contribution in [0.3, 0.4) is 0 Å². The summed E-state index contributed by atoms with van der Waals surface area (Å²) in [5.41, 5.74) is 0. The number of piperidine rings is 1. The molecule has 1 aliphatic rings. The van der Waals surface area contributed by atoms with Crippen LogP contribution >= 0.6 is 0 Å². The number of hydrogen-bond donors (Lipinski definition) is 1. The summed E-state index contributed by atoms with van der Waals surface area (Å²) < 4.78 is 10.5. The molecule has 1 saturated heterocycles. The van der Waals surface area contributed by atoms with Gasteiger partial charge in [0.2, 0.25) is 0 Å². The zero-order valence-electron chi connectivity index (χ0n) is 13.9. The monoisotopic (exact) mass is 286 g/mol. The van der Waals surface area contributed by atoms with E-state index in [9.17, 15) is 0 Å². The number of methoxy groups -OCH3 is 1. The van der Waals surface area contributed by atoms with E-state index in [1.54, 1.807) is 7.11 Å². The summed E-state index contributed by atoms with van der Waals surface area (Å²) in [4.78, 5) is 2.62. The molecule has 3 atom stereocenters. The average molecular weight is 286 g/mol. The van der Waals surface area contributed by atoms with Crippen LogP contribution in [0.15, 0.2) is 0 Å². The normalized spacial score (nSPS) is 27.9. The maximum atomic E-state index is 5.54. The SMILES string of the molecule is CCCNC1CCN(CCCOCCOC)C(C)C1C. The Morgan fingerprint density at radius 2 is 2.00 bits per heavy atom. The first-order valence-corrected chi connectivity index (χ1v) is 8.24. The molecule has 4 heteroatoms. The Bertz CT molecular complexity index is 239. The van der Waals surface area contributed by atoms with E-state index in [1.165, 1.54) is 19.4 Å². The average Bonchev–Trinajstić information content (AvgIpc) is 2.46. The number of likely N-dealkylation sites (tertiary alicyclic amines) is 1. The second kappa shape index (κ2) is 10.6. The fourth-order valence-corrected chi connectivity index (χ4v) is 2.99. The lowest BCUT2D eigenvalue weighted by Crippen LogP contribution is -2.53. The molecule has 0 spiro atoms. The molecule has 0 bridgehead atoms. The van der Waals surface area contributed by atoms with Crippen LogP contribution in [-0.4, -0.2) is 63.5 Å². The molecule has 0 amide bonds. The van der Waals surface area contributed by atoms with Crippen LogP contribution in [0.5, 0.6) is 0 Å². The van der Waals surface area contributed by atoms with Gasteiger partial charge >= 0.3 is 0 Å². The third-order valence-corrected chi connectivity index (χ3v) is 4.52. The lowest BCUT2D eigenvalue weighted by molar-refractivity contribution is 0.0491. The molecule has 1 aliphatic heterocycles. The molecule has 0 aromatic heterocycles. The first-order chi connectivity index (χ1) is 9.70. The van der Waals surface area contributed by atoms with Crippen molar-refractivity contribution in [3.8, 4) is 0 Å². The lowest BCUT2D eigenvalue weighted by Gasteiger charge is -2.43. The molecule has 0 aromatic carbocycles. The summed E-state index contributed by atoms with van der Waals surface area (Å²) in [6.07, 6.45) is 3.62. The molecular formula is C16H34N2O2. The number of hydrogen-bond acceptors (Lipinski definition) is 4. The van der Waals surface area contributed by atoms with Crippen LogP contribution in [0.25, 0.3) is 0 Å². The van der Waals surface area contributed by atoms with E-state index < -0.39 is 0 Å². The Balaban J connectivity index is 2.18. The second-order valence-electron chi connectivity index (χ2n) is 5.94. The first kappa shape index (κ1) is 17.9.